The number of nitrogens with one attached hydrogen (secondary N) is 1. The second kappa shape index (κ2) is 7.61. The molecule has 1 aliphatic carbocycles. The maximum absolute atomic E-state index is 3.76. The SMILES string of the molecule is CCCNC(CN(C)CC1CCCN1CC)C1CC1. The average molecular weight is 267 g/mol. The van der Waals surface area contributed by atoms with E-state index >= 15 is 0 Å². The van der Waals surface area contributed by atoms with Crippen LogP contribution >= 0.6 is 0 Å². The lowest BCUT2D eigenvalue weighted by Crippen LogP contribution is -2.45. The summed E-state index contributed by atoms with van der Waals surface area (Å²) < 4.78 is 0. The van der Waals surface area contributed by atoms with E-state index < -0.39 is 0 Å². The largest absolute Gasteiger partial charge is 0.312 e. The van der Waals surface area contributed by atoms with Crippen LogP contribution in [-0.4, -0.2) is 61.7 Å². The van der Waals surface area contributed by atoms with E-state index in [-0.39, 0.29) is 0 Å². The third-order valence-electron chi connectivity index (χ3n) is 4.78. The summed E-state index contributed by atoms with van der Waals surface area (Å²) in [6, 6.07) is 1.54. The Kier molecular flexibility index (Phi) is 6.11. The fourth-order valence-electron chi connectivity index (χ4n) is 3.50. The third-order valence-corrected chi connectivity index (χ3v) is 4.78. The Morgan fingerprint density at radius 2 is 2.05 bits per heavy atom. The van der Waals surface area contributed by atoms with Crippen LogP contribution in [-0.2, 0) is 0 Å². The van der Waals surface area contributed by atoms with Crippen molar-refractivity contribution in [1.29, 1.82) is 0 Å². The molecule has 1 heterocycles. The van der Waals surface area contributed by atoms with Gasteiger partial charge in [0.2, 0.25) is 0 Å². The van der Waals surface area contributed by atoms with E-state index in [1.165, 1.54) is 64.8 Å². The smallest absolute Gasteiger partial charge is 0.0223 e. The number of likely N-dealkylation sites (N-methyl/N-ethyl adjacent to an activating group) is 2. The Bertz CT molecular complexity index is 252. The minimum Gasteiger partial charge on any atom is -0.312 e. The topological polar surface area (TPSA) is 18.5 Å². The molecule has 0 aromatic carbocycles. The van der Waals surface area contributed by atoms with E-state index in [2.05, 4.69) is 36.0 Å². The number of hydrogen-bond donors (Lipinski definition) is 1. The number of nitrogens with zero attached hydrogens (tertiary/aromatic N) is 2. The van der Waals surface area contributed by atoms with Crippen molar-refractivity contribution in [2.45, 2.75) is 58.0 Å². The summed E-state index contributed by atoms with van der Waals surface area (Å²) in [7, 11) is 2.31. The fraction of sp³-hybridized carbons (Fsp3) is 1.00. The Hall–Kier alpha value is -0.120. The first-order valence-corrected chi connectivity index (χ1v) is 8.40. The van der Waals surface area contributed by atoms with Gasteiger partial charge in [0.15, 0.2) is 0 Å². The molecule has 2 rings (SSSR count). The quantitative estimate of drug-likeness (QED) is 0.691. The van der Waals surface area contributed by atoms with Gasteiger partial charge in [-0.2, -0.15) is 0 Å². The molecule has 3 nitrogen and oxygen atoms in total. The van der Waals surface area contributed by atoms with E-state index in [1.54, 1.807) is 0 Å². The van der Waals surface area contributed by atoms with E-state index in [0.29, 0.717) is 0 Å². The fourth-order valence-corrected chi connectivity index (χ4v) is 3.50. The minimum absolute atomic E-state index is 0.737. The van der Waals surface area contributed by atoms with Gasteiger partial charge in [-0.15, -0.1) is 0 Å². The minimum atomic E-state index is 0.737. The molecule has 2 unspecified atom stereocenters. The summed E-state index contributed by atoms with van der Waals surface area (Å²) in [5.74, 6) is 0.958. The lowest BCUT2D eigenvalue weighted by Gasteiger charge is -2.30. The van der Waals surface area contributed by atoms with Crippen molar-refractivity contribution in [2.24, 2.45) is 5.92 Å². The van der Waals surface area contributed by atoms with E-state index in [4.69, 9.17) is 0 Å². The second-order valence-electron chi connectivity index (χ2n) is 6.54. The molecule has 1 saturated carbocycles. The van der Waals surface area contributed by atoms with Gasteiger partial charge < -0.3 is 10.2 Å². The van der Waals surface area contributed by atoms with Crippen molar-refractivity contribution in [2.75, 3.05) is 39.8 Å². The molecular weight excluding hydrogens is 234 g/mol. The Balaban J connectivity index is 1.73. The number of likely N-dealkylation sites (tertiary alicyclic amines) is 1. The van der Waals surface area contributed by atoms with Gasteiger partial charge in [0.25, 0.3) is 0 Å². The number of rotatable bonds is 9. The zero-order valence-electron chi connectivity index (χ0n) is 13.2. The Morgan fingerprint density at radius 1 is 1.26 bits per heavy atom. The van der Waals surface area contributed by atoms with Crippen LogP contribution in [0.5, 0.6) is 0 Å². The Morgan fingerprint density at radius 3 is 2.68 bits per heavy atom. The van der Waals surface area contributed by atoms with E-state index in [0.717, 1.165) is 18.0 Å². The van der Waals surface area contributed by atoms with Gasteiger partial charge in [-0.1, -0.05) is 13.8 Å². The summed E-state index contributed by atoms with van der Waals surface area (Å²) in [6.07, 6.45) is 6.93. The van der Waals surface area contributed by atoms with Crippen LogP contribution in [0.4, 0.5) is 0 Å². The summed E-state index contributed by atoms with van der Waals surface area (Å²) in [5, 5.41) is 3.76. The molecule has 0 radical (unpaired) electrons. The molecule has 0 amide bonds. The molecule has 2 atom stereocenters. The standard InChI is InChI=1S/C16H33N3/c1-4-10-17-16(14-8-9-14)13-18(3)12-15-7-6-11-19(15)5-2/h14-17H,4-13H2,1-3H3. The van der Waals surface area contributed by atoms with Crippen molar-refractivity contribution >= 4 is 0 Å². The first-order chi connectivity index (χ1) is 9.24. The molecule has 0 aromatic rings. The molecule has 0 bridgehead atoms. The van der Waals surface area contributed by atoms with E-state index in [1.807, 2.05) is 0 Å². The molecule has 112 valence electrons. The van der Waals surface area contributed by atoms with E-state index in [9.17, 15) is 0 Å². The van der Waals surface area contributed by atoms with Crippen LogP contribution in [0, 0.1) is 5.92 Å². The maximum Gasteiger partial charge on any atom is 0.0223 e. The second-order valence-corrected chi connectivity index (χ2v) is 6.54. The highest BCUT2D eigenvalue weighted by atomic mass is 15.2. The van der Waals surface area contributed by atoms with Crippen molar-refractivity contribution in [1.82, 2.24) is 15.1 Å². The van der Waals surface area contributed by atoms with Gasteiger partial charge in [0.1, 0.15) is 0 Å². The van der Waals surface area contributed by atoms with Gasteiger partial charge >= 0.3 is 0 Å². The molecule has 3 heteroatoms. The zero-order valence-corrected chi connectivity index (χ0v) is 13.2. The van der Waals surface area contributed by atoms with Crippen molar-refractivity contribution < 1.29 is 0 Å². The van der Waals surface area contributed by atoms with Crippen LogP contribution in [0.1, 0.15) is 46.0 Å². The van der Waals surface area contributed by atoms with Gasteiger partial charge in [-0.3, -0.25) is 4.90 Å². The lowest BCUT2D eigenvalue weighted by molar-refractivity contribution is 0.184. The molecular formula is C16H33N3. The molecule has 0 spiro atoms. The lowest BCUT2D eigenvalue weighted by atomic mass is 10.1. The summed E-state index contributed by atoms with van der Waals surface area (Å²) in [5.41, 5.74) is 0. The molecule has 19 heavy (non-hydrogen) atoms. The van der Waals surface area contributed by atoms with Gasteiger partial charge in [-0.05, 0) is 64.7 Å². The molecule has 1 aliphatic heterocycles. The first kappa shape index (κ1) is 15.3. The van der Waals surface area contributed by atoms with Crippen molar-refractivity contribution in [3.63, 3.8) is 0 Å². The van der Waals surface area contributed by atoms with Crippen LogP contribution < -0.4 is 5.32 Å². The van der Waals surface area contributed by atoms with Crippen molar-refractivity contribution in [3.8, 4) is 0 Å². The number of hydrogen-bond acceptors (Lipinski definition) is 3. The molecule has 1 N–H and O–H groups in total. The van der Waals surface area contributed by atoms with Gasteiger partial charge in [-0.25, -0.2) is 0 Å². The third kappa shape index (κ3) is 4.73. The highest BCUT2D eigenvalue weighted by Crippen LogP contribution is 2.33. The summed E-state index contributed by atoms with van der Waals surface area (Å²) in [4.78, 5) is 5.23. The highest BCUT2D eigenvalue weighted by molar-refractivity contribution is 4.89. The molecule has 2 aliphatic rings. The van der Waals surface area contributed by atoms with Gasteiger partial charge in [0.05, 0.1) is 0 Å². The molecule has 0 aromatic heterocycles. The van der Waals surface area contributed by atoms with Crippen molar-refractivity contribution in [3.05, 3.63) is 0 Å². The van der Waals surface area contributed by atoms with Crippen LogP contribution in [0.2, 0.25) is 0 Å². The first-order valence-electron chi connectivity index (χ1n) is 8.40. The average Bonchev–Trinajstić information content (AvgIpc) is 3.15. The van der Waals surface area contributed by atoms with Gasteiger partial charge in [0, 0.05) is 25.2 Å². The normalized spacial score (nSPS) is 26.2. The highest BCUT2D eigenvalue weighted by Gasteiger charge is 2.32. The summed E-state index contributed by atoms with van der Waals surface area (Å²) in [6.45, 7) is 10.8. The molecule has 1 saturated heterocycles. The monoisotopic (exact) mass is 267 g/mol. The van der Waals surface area contributed by atoms with Crippen LogP contribution in [0.25, 0.3) is 0 Å². The maximum atomic E-state index is 3.76. The zero-order chi connectivity index (χ0) is 13.7. The van der Waals surface area contributed by atoms with Crippen LogP contribution in [0.15, 0.2) is 0 Å². The predicted octanol–water partition coefficient (Wildman–Crippen LogP) is 2.18. The summed E-state index contributed by atoms with van der Waals surface area (Å²) >= 11 is 0. The van der Waals surface area contributed by atoms with Crippen LogP contribution in [0.3, 0.4) is 0 Å². The molecule has 2 fully saturated rings. The Labute approximate surface area is 119 Å². The predicted molar refractivity (Wildman–Crippen MR) is 82.6 cm³/mol.